The smallest absolute Gasteiger partial charge is 0.243 e. The fourth-order valence-corrected chi connectivity index (χ4v) is 2.67. The number of fused-ring (bicyclic) bond motifs is 1. The van der Waals surface area contributed by atoms with Crippen LogP contribution in [0.1, 0.15) is 0 Å². The number of thiophene rings is 1. The molecule has 1 amide bonds. The molecule has 0 radical (unpaired) electrons. The van der Waals surface area contributed by atoms with Crippen LogP contribution < -0.4 is 10.6 Å². The van der Waals surface area contributed by atoms with E-state index in [2.05, 4.69) is 20.6 Å². The number of hydrogen-bond acceptors (Lipinski definition) is 5. The third-order valence-electron chi connectivity index (χ3n) is 2.86. The Morgan fingerprint density at radius 2 is 2.05 bits per heavy atom. The molecule has 112 valence electrons. The molecule has 0 bridgehead atoms. The van der Waals surface area contributed by atoms with E-state index in [0.29, 0.717) is 5.82 Å². The molecule has 0 atom stereocenters. The lowest BCUT2D eigenvalue weighted by Gasteiger charge is -2.08. The van der Waals surface area contributed by atoms with Crippen molar-refractivity contribution in [3.63, 3.8) is 0 Å². The average molecular weight is 320 g/mol. The van der Waals surface area contributed by atoms with Gasteiger partial charge in [-0.05, 0) is 23.6 Å². The molecule has 2 N–H and O–H groups in total. The first kappa shape index (κ1) is 14.3. The van der Waals surface area contributed by atoms with E-state index in [1.807, 2.05) is 11.4 Å². The van der Waals surface area contributed by atoms with Gasteiger partial charge in [-0.15, -0.1) is 11.3 Å². The summed E-state index contributed by atoms with van der Waals surface area (Å²) in [5, 5.41) is 7.25. The molecule has 0 saturated heterocycles. The molecule has 2 heterocycles. The third-order valence-corrected chi connectivity index (χ3v) is 3.77. The molecule has 5 nitrogen and oxygen atoms in total. The minimum atomic E-state index is -1.01. The van der Waals surface area contributed by atoms with Gasteiger partial charge in [0.05, 0.1) is 16.8 Å². The summed E-state index contributed by atoms with van der Waals surface area (Å²) < 4.78 is 26.7. The molecular weight excluding hydrogens is 310 g/mol. The van der Waals surface area contributed by atoms with Crippen molar-refractivity contribution in [3.8, 4) is 0 Å². The predicted octanol–water partition coefficient (Wildman–Crippen LogP) is 3.02. The van der Waals surface area contributed by atoms with Crippen molar-refractivity contribution in [2.45, 2.75) is 0 Å². The SMILES string of the molecule is O=C(CNc1ncnc2ccsc12)Nc1ccc(F)c(F)c1. The van der Waals surface area contributed by atoms with Gasteiger partial charge in [-0.2, -0.15) is 0 Å². The number of carbonyl (C=O) groups is 1. The molecule has 0 aliphatic rings. The first-order valence-electron chi connectivity index (χ1n) is 6.30. The molecule has 1 aromatic carbocycles. The van der Waals surface area contributed by atoms with Gasteiger partial charge in [0, 0.05) is 11.8 Å². The fraction of sp³-hybridized carbons (Fsp3) is 0.0714. The molecule has 0 aliphatic heterocycles. The van der Waals surface area contributed by atoms with Crippen molar-refractivity contribution in [2.24, 2.45) is 0 Å². The number of hydrogen-bond donors (Lipinski definition) is 2. The van der Waals surface area contributed by atoms with E-state index in [9.17, 15) is 13.6 Å². The van der Waals surface area contributed by atoms with Crippen LogP contribution in [0.15, 0.2) is 36.0 Å². The van der Waals surface area contributed by atoms with Crippen LogP contribution in [0.2, 0.25) is 0 Å². The Hall–Kier alpha value is -2.61. The lowest BCUT2D eigenvalue weighted by Crippen LogP contribution is -2.22. The Balaban J connectivity index is 1.65. The summed E-state index contributed by atoms with van der Waals surface area (Å²) in [5.41, 5.74) is 0.984. The number of carbonyl (C=O) groups excluding carboxylic acids is 1. The maximum absolute atomic E-state index is 13.1. The highest BCUT2D eigenvalue weighted by Gasteiger charge is 2.09. The first-order valence-corrected chi connectivity index (χ1v) is 7.18. The normalized spacial score (nSPS) is 10.6. The molecule has 8 heteroatoms. The van der Waals surface area contributed by atoms with Gasteiger partial charge in [0.2, 0.25) is 5.91 Å². The Kier molecular flexibility index (Phi) is 3.92. The second kappa shape index (κ2) is 6.02. The number of benzene rings is 1. The van der Waals surface area contributed by atoms with E-state index < -0.39 is 17.5 Å². The molecule has 2 aromatic heterocycles. The van der Waals surface area contributed by atoms with E-state index in [0.717, 1.165) is 22.3 Å². The largest absolute Gasteiger partial charge is 0.360 e. The summed E-state index contributed by atoms with van der Waals surface area (Å²) in [6, 6.07) is 5.03. The van der Waals surface area contributed by atoms with Gasteiger partial charge < -0.3 is 10.6 Å². The van der Waals surface area contributed by atoms with Crippen molar-refractivity contribution in [2.75, 3.05) is 17.2 Å². The molecule has 0 aliphatic carbocycles. The number of anilines is 2. The topological polar surface area (TPSA) is 66.9 Å². The summed E-state index contributed by atoms with van der Waals surface area (Å²) in [6.07, 6.45) is 1.41. The van der Waals surface area contributed by atoms with Gasteiger partial charge in [0.1, 0.15) is 12.1 Å². The molecule has 3 aromatic rings. The zero-order valence-corrected chi connectivity index (χ0v) is 12.0. The summed E-state index contributed by atoms with van der Waals surface area (Å²) in [5.74, 6) is -1.81. The van der Waals surface area contributed by atoms with E-state index >= 15 is 0 Å². The highest BCUT2D eigenvalue weighted by molar-refractivity contribution is 7.17. The highest BCUT2D eigenvalue weighted by Crippen LogP contribution is 2.24. The van der Waals surface area contributed by atoms with Gasteiger partial charge >= 0.3 is 0 Å². The Labute approximate surface area is 128 Å². The van der Waals surface area contributed by atoms with Gasteiger partial charge in [-0.25, -0.2) is 18.7 Å². The minimum absolute atomic E-state index is 0.0526. The van der Waals surface area contributed by atoms with Gasteiger partial charge in [0.15, 0.2) is 11.6 Å². The van der Waals surface area contributed by atoms with E-state index in [4.69, 9.17) is 0 Å². The zero-order chi connectivity index (χ0) is 15.5. The zero-order valence-electron chi connectivity index (χ0n) is 11.1. The Bertz CT molecular complexity index is 837. The van der Waals surface area contributed by atoms with E-state index in [1.165, 1.54) is 23.7 Å². The number of amides is 1. The van der Waals surface area contributed by atoms with Gasteiger partial charge in [-0.3, -0.25) is 4.79 Å². The molecule has 0 saturated carbocycles. The van der Waals surface area contributed by atoms with Crippen LogP contribution in [0.3, 0.4) is 0 Å². The van der Waals surface area contributed by atoms with Crippen LogP contribution >= 0.6 is 11.3 Å². The van der Waals surface area contributed by atoms with Crippen LogP contribution in [-0.2, 0) is 4.79 Å². The maximum Gasteiger partial charge on any atom is 0.243 e. The number of nitrogens with one attached hydrogen (secondary N) is 2. The summed E-state index contributed by atoms with van der Waals surface area (Å²) in [6.45, 7) is -0.0526. The van der Waals surface area contributed by atoms with Crippen molar-refractivity contribution in [1.82, 2.24) is 9.97 Å². The van der Waals surface area contributed by atoms with E-state index in [1.54, 1.807) is 0 Å². The molecule has 0 fully saturated rings. The van der Waals surface area contributed by atoms with Crippen LogP contribution in [0.4, 0.5) is 20.3 Å². The number of halogens is 2. The van der Waals surface area contributed by atoms with Crippen molar-refractivity contribution < 1.29 is 13.6 Å². The quantitative estimate of drug-likeness (QED) is 0.775. The second-order valence-electron chi connectivity index (χ2n) is 4.39. The van der Waals surface area contributed by atoms with E-state index in [-0.39, 0.29) is 12.2 Å². The molecule has 3 rings (SSSR count). The van der Waals surface area contributed by atoms with Crippen LogP contribution in [0, 0.1) is 11.6 Å². The summed E-state index contributed by atoms with van der Waals surface area (Å²) in [7, 11) is 0. The van der Waals surface area contributed by atoms with Crippen LogP contribution in [-0.4, -0.2) is 22.4 Å². The van der Waals surface area contributed by atoms with Crippen molar-refractivity contribution in [1.29, 1.82) is 0 Å². The van der Waals surface area contributed by atoms with Gasteiger partial charge in [0.25, 0.3) is 0 Å². The second-order valence-corrected chi connectivity index (χ2v) is 5.30. The standard InChI is InChI=1S/C14H10F2N4OS/c15-9-2-1-8(5-10(9)16)20-12(21)6-17-14-13-11(3-4-22-13)18-7-19-14/h1-5,7H,6H2,(H,20,21)(H,17,18,19). The third kappa shape index (κ3) is 3.01. The highest BCUT2D eigenvalue weighted by atomic mass is 32.1. The molecule has 0 spiro atoms. The summed E-state index contributed by atoms with van der Waals surface area (Å²) in [4.78, 5) is 20.0. The lowest BCUT2D eigenvalue weighted by molar-refractivity contribution is -0.114. The number of nitrogens with zero attached hydrogens (tertiary/aromatic N) is 2. The number of rotatable bonds is 4. The first-order chi connectivity index (χ1) is 10.6. The van der Waals surface area contributed by atoms with Crippen molar-refractivity contribution in [3.05, 3.63) is 47.6 Å². The van der Waals surface area contributed by atoms with Crippen molar-refractivity contribution >= 4 is 39.0 Å². The maximum atomic E-state index is 13.1. The Morgan fingerprint density at radius 3 is 2.86 bits per heavy atom. The Morgan fingerprint density at radius 1 is 1.18 bits per heavy atom. The van der Waals surface area contributed by atoms with Crippen LogP contribution in [0.5, 0.6) is 0 Å². The molecule has 0 unspecified atom stereocenters. The lowest BCUT2D eigenvalue weighted by atomic mass is 10.3. The van der Waals surface area contributed by atoms with Crippen LogP contribution in [0.25, 0.3) is 10.2 Å². The predicted molar refractivity (Wildman–Crippen MR) is 80.9 cm³/mol. The minimum Gasteiger partial charge on any atom is -0.360 e. The molecular formula is C14H10F2N4OS. The van der Waals surface area contributed by atoms with Gasteiger partial charge in [-0.1, -0.05) is 0 Å². The molecule has 22 heavy (non-hydrogen) atoms. The summed E-state index contributed by atoms with van der Waals surface area (Å²) >= 11 is 1.46. The monoisotopic (exact) mass is 320 g/mol. The fourth-order valence-electron chi connectivity index (χ4n) is 1.86. The number of aromatic nitrogens is 2. The average Bonchev–Trinajstić information content (AvgIpc) is 2.98.